The molecule has 2 aromatic heterocycles. The summed E-state index contributed by atoms with van der Waals surface area (Å²) in [6.07, 6.45) is 5.72. The maximum absolute atomic E-state index is 4.90. The van der Waals surface area contributed by atoms with E-state index in [1.807, 2.05) is 10.7 Å². The van der Waals surface area contributed by atoms with Crippen LogP contribution in [-0.2, 0) is 0 Å². The molecular weight excluding hydrogens is 370 g/mol. The van der Waals surface area contributed by atoms with Gasteiger partial charge in [-0.3, -0.25) is 0 Å². The summed E-state index contributed by atoms with van der Waals surface area (Å²) < 4.78 is 1.92. The molecule has 0 aliphatic carbocycles. The number of nitrogens with one attached hydrogen (secondary N) is 1. The van der Waals surface area contributed by atoms with Gasteiger partial charge < -0.3 is 5.32 Å². The van der Waals surface area contributed by atoms with Crippen LogP contribution in [0.1, 0.15) is 41.6 Å². The van der Waals surface area contributed by atoms with Crippen molar-refractivity contribution in [1.29, 1.82) is 0 Å². The lowest BCUT2D eigenvalue weighted by atomic mass is 9.89. The lowest BCUT2D eigenvalue weighted by Gasteiger charge is -2.30. The summed E-state index contributed by atoms with van der Waals surface area (Å²) in [7, 11) is 0. The standard InChI is InChI=1S/C25H25N5/c1-18-8-10-20(11-9-18)23-16-24(30(29-23)25-26-14-5-15-27-25)21-12-13-22(28-17-21)19-6-3-2-4-7-19/h2-11,14-16,21-22,28H,12-13,17H2,1H3. The van der Waals surface area contributed by atoms with Gasteiger partial charge in [0.05, 0.1) is 11.4 Å². The molecule has 1 N–H and O–H groups in total. The number of hydrogen-bond acceptors (Lipinski definition) is 4. The van der Waals surface area contributed by atoms with E-state index in [1.54, 1.807) is 12.4 Å². The monoisotopic (exact) mass is 395 g/mol. The first-order valence-corrected chi connectivity index (χ1v) is 10.5. The zero-order chi connectivity index (χ0) is 20.3. The number of piperidine rings is 1. The highest BCUT2D eigenvalue weighted by molar-refractivity contribution is 5.60. The summed E-state index contributed by atoms with van der Waals surface area (Å²) in [4.78, 5) is 8.91. The SMILES string of the molecule is Cc1ccc(-c2cc(C3CCC(c4ccccc4)NC3)n(-c3ncccn3)n2)cc1. The summed E-state index contributed by atoms with van der Waals surface area (Å²) in [6.45, 7) is 3.01. The smallest absolute Gasteiger partial charge is 0.250 e. The molecule has 0 spiro atoms. The molecule has 2 atom stereocenters. The van der Waals surface area contributed by atoms with Gasteiger partial charge in [-0.15, -0.1) is 0 Å². The molecule has 1 saturated heterocycles. The van der Waals surface area contributed by atoms with Gasteiger partial charge in [0, 0.05) is 36.5 Å². The average molecular weight is 396 g/mol. The number of aromatic nitrogens is 4. The van der Waals surface area contributed by atoms with Crippen LogP contribution in [0, 0.1) is 6.92 Å². The second kappa shape index (κ2) is 8.20. The van der Waals surface area contributed by atoms with Crippen LogP contribution in [0.15, 0.2) is 79.1 Å². The van der Waals surface area contributed by atoms with Crippen molar-refractivity contribution in [2.45, 2.75) is 31.7 Å². The van der Waals surface area contributed by atoms with Crippen LogP contribution in [0.2, 0.25) is 0 Å². The molecule has 0 saturated carbocycles. The third kappa shape index (κ3) is 3.76. The van der Waals surface area contributed by atoms with Crippen molar-refractivity contribution in [3.05, 3.63) is 95.9 Å². The molecule has 2 aromatic carbocycles. The van der Waals surface area contributed by atoms with Crippen LogP contribution < -0.4 is 5.32 Å². The Morgan fingerprint density at radius 2 is 1.67 bits per heavy atom. The molecule has 1 aliphatic heterocycles. The van der Waals surface area contributed by atoms with E-state index in [0.717, 1.165) is 36.3 Å². The van der Waals surface area contributed by atoms with Gasteiger partial charge in [0.1, 0.15) is 0 Å². The highest BCUT2D eigenvalue weighted by atomic mass is 15.4. The van der Waals surface area contributed by atoms with Crippen molar-refractivity contribution in [3.8, 4) is 17.2 Å². The fourth-order valence-corrected chi connectivity index (χ4v) is 4.19. The van der Waals surface area contributed by atoms with Gasteiger partial charge in [-0.2, -0.15) is 5.10 Å². The number of nitrogens with zero attached hydrogens (tertiary/aromatic N) is 4. The first kappa shape index (κ1) is 18.7. The van der Waals surface area contributed by atoms with Gasteiger partial charge in [0.25, 0.3) is 5.95 Å². The fourth-order valence-electron chi connectivity index (χ4n) is 4.19. The van der Waals surface area contributed by atoms with E-state index in [2.05, 4.69) is 82.9 Å². The highest BCUT2D eigenvalue weighted by Crippen LogP contribution is 2.34. The first-order valence-electron chi connectivity index (χ1n) is 10.5. The van der Waals surface area contributed by atoms with Crippen molar-refractivity contribution < 1.29 is 0 Å². The molecule has 5 rings (SSSR count). The lowest BCUT2D eigenvalue weighted by molar-refractivity contribution is 0.365. The average Bonchev–Trinajstić information content (AvgIpc) is 3.26. The van der Waals surface area contributed by atoms with E-state index in [0.29, 0.717) is 17.9 Å². The normalized spacial score (nSPS) is 19.0. The lowest BCUT2D eigenvalue weighted by Crippen LogP contribution is -2.33. The van der Waals surface area contributed by atoms with Gasteiger partial charge in [-0.25, -0.2) is 14.6 Å². The molecule has 0 radical (unpaired) electrons. The van der Waals surface area contributed by atoms with Gasteiger partial charge in [-0.1, -0.05) is 60.2 Å². The third-order valence-electron chi connectivity index (χ3n) is 5.86. The van der Waals surface area contributed by atoms with Gasteiger partial charge in [0.2, 0.25) is 0 Å². The Labute approximate surface area is 176 Å². The predicted molar refractivity (Wildman–Crippen MR) is 118 cm³/mol. The number of benzene rings is 2. The van der Waals surface area contributed by atoms with Crippen molar-refractivity contribution in [2.24, 2.45) is 0 Å². The Hall–Kier alpha value is -3.31. The predicted octanol–water partition coefficient (Wildman–Crippen LogP) is 4.85. The Bertz CT molecular complexity index is 1100. The number of aryl methyl sites for hydroxylation is 1. The molecule has 0 amide bonds. The number of hydrogen-bond donors (Lipinski definition) is 1. The van der Waals surface area contributed by atoms with Crippen LogP contribution in [0.25, 0.3) is 17.2 Å². The molecule has 4 aromatic rings. The fraction of sp³-hybridized carbons (Fsp3) is 0.240. The van der Waals surface area contributed by atoms with Gasteiger partial charge >= 0.3 is 0 Å². The quantitative estimate of drug-likeness (QED) is 0.537. The third-order valence-corrected chi connectivity index (χ3v) is 5.86. The number of rotatable bonds is 4. The van der Waals surface area contributed by atoms with Gasteiger partial charge in [0.15, 0.2) is 0 Å². The summed E-state index contributed by atoms with van der Waals surface area (Å²) in [5, 5.41) is 8.63. The van der Waals surface area contributed by atoms with Crippen molar-refractivity contribution >= 4 is 0 Å². The summed E-state index contributed by atoms with van der Waals surface area (Å²) >= 11 is 0. The topological polar surface area (TPSA) is 55.6 Å². The molecule has 150 valence electrons. The van der Waals surface area contributed by atoms with Crippen molar-refractivity contribution in [3.63, 3.8) is 0 Å². The largest absolute Gasteiger partial charge is 0.309 e. The zero-order valence-electron chi connectivity index (χ0n) is 17.1. The van der Waals surface area contributed by atoms with Crippen LogP contribution in [0.4, 0.5) is 0 Å². The van der Waals surface area contributed by atoms with E-state index in [9.17, 15) is 0 Å². The molecule has 5 nitrogen and oxygen atoms in total. The minimum Gasteiger partial charge on any atom is -0.309 e. The van der Waals surface area contributed by atoms with Crippen LogP contribution >= 0.6 is 0 Å². The van der Waals surface area contributed by atoms with E-state index >= 15 is 0 Å². The molecular formula is C25H25N5. The highest BCUT2D eigenvalue weighted by Gasteiger charge is 2.27. The maximum Gasteiger partial charge on any atom is 0.250 e. The molecule has 3 heterocycles. The van der Waals surface area contributed by atoms with Crippen molar-refractivity contribution in [1.82, 2.24) is 25.1 Å². The molecule has 1 fully saturated rings. The molecule has 30 heavy (non-hydrogen) atoms. The summed E-state index contributed by atoms with van der Waals surface area (Å²) in [5.74, 6) is 0.983. The summed E-state index contributed by atoms with van der Waals surface area (Å²) in [5.41, 5.74) is 5.84. The van der Waals surface area contributed by atoms with E-state index in [1.165, 1.54) is 11.1 Å². The van der Waals surface area contributed by atoms with Crippen LogP contribution in [0.5, 0.6) is 0 Å². The Morgan fingerprint density at radius 3 is 2.37 bits per heavy atom. The molecule has 0 bridgehead atoms. The van der Waals surface area contributed by atoms with E-state index in [-0.39, 0.29) is 0 Å². The van der Waals surface area contributed by atoms with Gasteiger partial charge in [-0.05, 0) is 37.5 Å². The zero-order valence-corrected chi connectivity index (χ0v) is 17.1. The van der Waals surface area contributed by atoms with Crippen LogP contribution in [0.3, 0.4) is 0 Å². The first-order chi connectivity index (χ1) is 14.8. The second-order valence-electron chi connectivity index (χ2n) is 7.93. The second-order valence-corrected chi connectivity index (χ2v) is 7.93. The van der Waals surface area contributed by atoms with E-state index in [4.69, 9.17) is 5.10 Å². The molecule has 1 aliphatic rings. The Morgan fingerprint density at radius 1 is 0.900 bits per heavy atom. The maximum atomic E-state index is 4.90. The van der Waals surface area contributed by atoms with Crippen molar-refractivity contribution in [2.75, 3.05) is 6.54 Å². The minimum absolute atomic E-state index is 0.362. The Kier molecular flexibility index (Phi) is 5.11. The molecule has 2 unspecified atom stereocenters. The Balaban J connectivity index is 1.46. The summed E-state index contributed by atoms with van der Waals surface area (Å²) in [6, 6.07) is 23.6. The minimum atomic E-state index is 0.362. The van der Waals surface area contributed by atoms with E-state index < -0.39 is 0 Å². The van der Waals surface area contributed by atoms with Crippen LogP contribution in [-0.4, -0.2) is 26.3 Å². The molecule has 5 heteroatoms.